The van der Waals surface area contributed by atoms with Gasteiger partial charge in [0, 0.05) is 18.7 Å². The molecule has 244 valence electrons. The van der Waals surface area contributed by atoms with Gasteiger partial charge in [0.2, 0.25) is 0 Å². The highest BCUT2D eigenvalue weighted by molar-refractivity contribution is 6.01. The fourth-order valence-electron chi connectivity index (χ4n) is 4.82. The Balaban J connectivity index is 1.59. The number of benzene rings is 3. The lowest BCUT2D eigenvalue weighted by Gasteiger charge is -2.19. The molecule has 0 atom stereocenters. The van der Waals surface area contributed by atoms with Crippen LogP contribution >= 0.6 is 0 Å². The Labute approximate surface area is 272 Å². The molecule has 0 spiro atoms. The Morgan fingerprint density at radius 2 is 1.49 bits per heavy atom. The first kappa shape index (κ1) is 33.0. The third-order valence-electron chi connectivity index (χ3n) is 7.20. The number of amides is 1. The Morgan fingerprint density at radius 3 is 2.11 bits per heavy atom. The van der Waals surface area contributed by atoms with Crippen molar-refractivity contribution >= 4 is 11.9 Å². The Morgan fingerprint density at radius 1 is 0.830 bits per heavy atom. The van der Waals surface area contributed by atoms with E-state index in [1.54, 1.807) is 6.07 Å². The van der Waals surface area contributed by atoms with Crippen molar-refractivity contribution in [2.75, 3.05) is 20.3 Å². The minimum atomic E-state index is -0.520. The van der Waals surface area contributed by atoms with Crippen LogP contribution in [0.4, 0.5) is 0 Å². The van der Waals surface area contributed by atoms with Gasteiger partial charge < -0.3 is 33.3 Å². The van der Waals surface area contributed by atoms with E-state index in [1.165, 1.54) is 7.11 Å². The van der Waals surface area contributed by atoms with Crippen LogP contribution in [0.2, 0.25) is 0 Å². The summed E-state index contributed by atoms with van der Waals surface area (Å²) in [5, 5.41) is 11.0. The second-order valence-corrected chi connectivity index (χ2v) is 10.9. The molecule has 0 aliphatic rings. The monoisotopic (exact) mass is 639 g/mol. The molecule has 0 saturated heterocycles. The first-order valence-electron chi connectivity index (χ1n) is 15.3. The van der Waals surface area contributed by atoms with Crippen LogP contribution in [0.5, 0.6) is 11.5 Å². The molecule has 11 heteroatoms. The zero-order chi connectivity index (χ0) is 33.2. The molecular weight excluding hydrogens is 602 g/mol. The van der Waals surface area contributed by atoms with Gasteiger partial charge in [-0.25, -0.2) is 4.79 Å². The Bertz CT molecular complexity index is 1780. The molecule has 0 fully saturated rings. The minimum Gasteiger partial charge on any atom is -0.488 e. The summed E-state index contributed by atoms with van der Waals surface area (Å²) >= 11 is 0. The standard InChI is InChI=1S/C36H37N3O8/c1-5-37-36(41)34-33(31-16-26(38-46-31)21-43-22-32(40)42-4)35(47-39-34)28-17-27(23(2)3)29(44-19-24-12-8-6-9-13-24)18-30(28)45-20-25-14-10-7-11-15-25/h6-18,23H,5,19-22H2,1-4H3,(H,37,41). The summed E-state index contributed by atoms with van der Waals surface area (Å²) in [6.45, 7) is 6.68. The molecule has 5 aromatic rings. The van der Waals surface area contributed by atoms with E-state index in [4.69, 9.17) is 23.3 Å². The van der Waals surface area contributed by atoms with Crippen LogP contribution in [0.15, 0.2) is 87.9 Å². The predicted octanol–water partition coefficient (Wildman–Crippen LogP) is 6.72. The molecule has 3 aromatic carbocycles. The van der Waals surface area contributed by atoms with Gasteiger partial charge in [-0.1, -0.05) is 84.8 Å². The third kappa shape index (κ3) is 8.25. The van der Waals surface area contributed by atoms with Crippen molar-refractivity contribution in [2.45, 2.75) is 46.5 Å². The second-order valence-electron chi connectivity index (χ2n) is 10.9. The van der Waals surface area contributed by atoms with Gasteiger partial charge in [0.25, 0.3) is 5.91 Å². The van der Waals surface area contributed by atoms with Gasteiger partial charge in [0.05, 0.1) is 19.3 Å². The molecule has 1 N–H and O–H groups in total. The lowest BCUT2D eigenvalue weighted by atomic mass is 9.95. The average molecular weight is 640 g/mol. The van der Waals surface area contributed by atoms with Crippen LogP contribution in [0.25, 0.3) is 22.6 Å². The minimum absolute atomic E-state index is 0.0181. The number of esters is 1. The zero-order valence-corrected chi connectivity index (χ0v) is 26.8. The summed E-state index contributed by atoms with van der Waals surface area (Å²) < 4.78 is 34.4. The molecule has 0 unspecified atom stereocenters. The molecular formula is C36H37N3O8. The maximum Gasteiger partial charge on any atom is 0.331 e. The Hall–Kier alpha value is -5.42. The number of aromatic nitrogens is 2. The third-order valence-corrected chi connectivity index (χ3v) is 7.20. The number of rotatable bonds is 15. The molecule has 0 bridgehead atoms. The first-order valence-corrected chi connectivity index (χ1v) is 15.3. The van der Waals surface area contributed by atoms with E-state index in [-0.39, 0.29) is 43.0 Å². The molecule has 0 aliphatic heterocycles. The lowest BCUT2D eigenvalue weighted by Crippen LogP contribution is -2.23. The fraction of sp³-hybridized carbons (Fsp3) is 0.278. The van der Waals surface area contributed by atoms with Gasteiger partial charge in [-0.2, -0.15) is 0 Å². The summed E-state index contributed by atoms with van der Waals surface area (Å²) in [5.41, 5.74) is 4.15. The number of carbonyl (C=O) groups excluding carboxylic acids is 2. The van der Waals surface area contributed by atoms with Gasteiger partial charge in [0.1, 0.15) is 42.6 Å². The maximum atomic E-state index is 13.2. The Kier molecular flexibility index (Phi) is 11.0. The van der Waals surface area contributed by atoms with Crippen LogP contribution in [-0.2, 0) is 34.1 Å². The molecule has 1 amide bonds. The molecule has 2 heterocycles. The molecule has 0 saturated carbocycles. The van der Waals surface area contributed by atoms with E-state index < -0.39 is 11.9 Å². The van der Waals surface area contributed by atoms with E-state index in [0.29, 0.717) is 41.5 Å². The molecule has 2 aromatic heterocycles. The summed E-state index contributed by atoms with van der Waals surface area (Å²) in [6, 6.07) is 25.1. The van der Waals surface area contributed by atoms with E-state index in [2.05, 4.69) is 34.2 Å². The van der Waals surface area contributed by atoms with Gasteiger partial charge >= 0.3 is 5.97 Å². The van der Waals surface area contributed by atoms with Gasteiger partial charge in [-0.15, -0.1) is 0 Å². The van der Waals surface area contributed by atoms with Crippen molar-refractivity contribution in [3.8, 4) is 34.1 Å². The average Bonchev–Trinajstić information content (AvgIpc) is 3.74. The van der Waals surface area contributed by atoms with Crippen LogP contribution in [0, 0.1) is 0 Å². The lowest BCUT2D eigenvalue weighted by molar-refractivity contribution is -0.146. The number of ether oxygens (including phenoxy) is 4. The summed E-state index contributed by atoms with van der Waals surface area (Å²) in [7, 11) is 1.28. The quantitative estimate of drug-likeness (QED) is 0.123. The number of carbonyl (C=O) groups is 2. The second kappa shape index (κ2) is 15.7. The van der Waals surface area contributed by atoms with Gasteiger partial charge in [0.15, 0.2) is 17.2 Å². The number of hydrogen-bond donors (Lipinski definition) is 1. The first-order chi connectivity index (χ1) is 22.9. The molecule has 0 aliphatic carbocycles. The van der Waals surface area contributed by atoms with Crippen molar-refractivity contribution in [3.63, 3.8) is 0 Å². The van der Waals surface area contributed by atoms with E-state index >= 15 is 0 Å². The van der Waals surface area contributed by atoms with Crippen molar-refractivity contribution in [2.24, 2.45) is 0 Å². The van der Waals surface area contributed by atoms with E-state index in [9.17, 15) is 9.59 Å². The van der Waals surface area contributed by atoms with E-state index in [1.807, 2.05) is 79.7 Å². The largest absolute Gasteiger partial charge is 0.488 e. The van der Waals surface area contributed by atoms with Gasteiger partial charge in [-0.3, -0.25) is 4.79 Å². The molecule has 47 heavy (non-hydrogen) atoms. The normalized spacial score (nSPS) is 11.0. The van der Waals surface area contributed by atoms with Crippen molar-refractivity contribution in [1.29, 1.82) is 0 Å². The highest BCUT2D eigenvalue weighted by atomic mass is 16.6. The maximum absolute atomic E-state index is 13.2. The van der Waals surface area contributed by atoms with Crippen LogP contribution < -0.4 is 14.8 Å². The number of methoxy groups -OCH3 is 1. The zero-order valence-electron chi connectivity index (χ0n) is 26.8. The smallest absolute Gasteiger partial charge is 0.331 e. The summed E-state index contributed by atoms with van der Waals surface area (Å²) in [4.78, 5) is 24.7. The molecule has 5 rings (SSSR count). The van der Waals surface area contributed by atoms with Crippen molar-refractivity contribution < 1.29 is 37.6 Å². The molecule has 11 nitrogen and oxygen atoms in total. The number of hydrogen-bond acceptors (Lipinski definition) is 10. The van der Waals surface area contributed by atoms with Gasteiger partial charge in [-0.05, 0) is 35.6 Å². The van der Waals surface area contributed by atoms with E-state index in [0.717, 1.165) is 16.7 Å². The number of nitrogens with one attached hydrogen (secondary N) is 1. The summed E-state index contributed by atoms with van der Waals surface area (Å²) in [5.74, 6) is 0.686. The number of nitrogens with zero attached hydrogens (tertiary/aromatic N) is 2. The highest BCUT2D eigenvalue weighted by Gasteiger charge is 2.30. The SMILES string of the molecule is CCNC(=O)c1noc(-c2cc(C(C)C)c(OCc3ccccc3)cc2OCc2ccccc2)c1-c1cc(COCC(=O)OC)no1. The summed E-state index contributed by atoms with van der Waals surface area (Å²) in [6.07, 6.45) is 0. The van der Waals surface area contributed by atoms with Crippen molar-refractivity contribution in [3.05, 3.63) is 107 Å². The van der Waals surface area contributed by atoms with Crippen LogP contribution in [0.3, 0.4) is 0 Å². The fourth-order valence-corrected chi connectivity index (χ4v) is 4.82. The predicted molar refractivity (Wildman–Crippen MR) is 173 cm³/mol. The van der Waals surface area contributed by atoms with Crippen molar-refractivity contribution in [1.82, 2.24) is 15.6 Å². The van der Waals surface area contributed by atoms with Crippen LogP contribution in [0.1, 0.15) is 59.6 Å². The highest BCUT2D eigenvalue weighted by Crippen LogP contribution is 2.44. The topological polar surface area (TPSA) is 135 Å². The van der Waals surface area contributed by atoms with Crippen LogP contribution in [-0.4, -0.2) is 42.5 Å². The molecule has 0 radical (unpaired) electrons.